The maximum absolute atomic E-state index is 12.9. The van der Waals surface area contributed by atoms with E-state index in [0.29, 0.717) is 43.2 Å². The number of carbonyl (C=O) groups is 1. The van der Waals surface area contributed by atoms with Gasteiger partial charge in [0.05, 0.1) is 23.8 Å². The number of nitro benzene ring substituents is 1. The van der Waals surface area contributed by atoms with Gasteiger partial charge in [0.1, 0.15) is 16.7 Å². The number of rotatable bonds is 5. The normalized spacial score (nSPS) is 13.4. The first kappa shape index (κ1) is 25.2. The lowest BCUT2D eigenvalue weighted by Crippen LogP contribution is -2.37. The van der Waals surface area contributed by atoms with Crippen LogP contribution in [0.4, 0.5) is 17.1 Å². The molecule has 0 atom stereocenters. The molecule has 1 aromatic heterocycles. The van der Waals surface area contributed by atoms with Crippen molar-refractivity contribution in [3.05, 3.63) is 81.4 Å². The van der Waals surface area contributed by atoms with Crippen LogP contribution in [-0.2, 0) is 4.74 Å². The number of thiocarbonyl (C=S) groups is 1. The Labute approximate surface area is 223 Å². The number of hydrogen-bond acceptors (Lipinski definition) is 8. The second-order valence-electron chi connectivity index (χ2n) is 8.95. The van der Waals surface area contributed by atoms with Crippen LogP contribution in [0.1, 0.15) is 21.5 Å². The zero-order chi connectivity index (χ0) is 26.8. The van der Waals surface area contributed by atoms with Crippen LogP contribution >= 0.6 is 12.2 Å². The largest absolute Gasteiger partial charge is 0.378 e. The first-order valence-corrected chi connectivity index (χ1v) is 12.4. The minimum Gasteiger partial charge on any atom is -0.378 e. The molecule has 0 unspecified atom stereocenters. The van der Waals surface area contributed by atoms with E-state index in [1.165, 1.54) is 6.07 Å². The van der Waals surface area contributed by atoms with Crippen molar-refractivity contribution in [3.8, 4) is 5.69 Å². The molecule has 0 radical (unpaired) electrons. The fraction of sp³-hybridized carbons (Fsp3) is 0.231. The van der Waals surface area contributed by atoms with Gasteiger partial charge < -0.3 is 15.0 Å². The lowest BCUT2D eigenvalue weighted by atomic mass is 10.1. The topological polar surface area (TPSA) is 127 Å². The predicted molar refractivity (Wildman–Crippen MR) is 148 cm³/mol. The number of nitro groups is 1. The van der Waals surface area contributed by atoms with Crippen LogP contribution in [0.5, 0.6) is 0 Å². The number of aryl methyl sites for hydroxylation is 2. The summed E-state index contributed by atoms with van der Waals surface area (Å²) in [6.07, 6.45) is 0. The highest BCUT2D eigenvalue weighted by atomic mass is 32.1. The van der Waals surface area contributed by atoms with Crippen LogP contribution < -0.4 is 15.5 Å². The van der Waals surface area contributed by atoms with Crippen LogP contribution in [0.25, 0.3) is 16.7 Å². The monoisotopic (exact) mass is 531 g/mol. The molecule has 5 rings (SSSR count). The summed E-state index contributed by atoms with van der Waals surface area (Å²) < 4.78 is 5.33. The Morgan fingerprint density at radius 1 is 1.03 bits per heavy atom. The van der Waals surface area contributed by atoms with Gasteiger partial charge in [-0.15, -0.1) is 10.2 Å². The Balaban J connectivity index is 1.31. The number of fused-ring (bicyclic) bond motifs is 1. The van der Waals surface area contributed by atoms with Gasteiger partial charge in [0.15, 0.2) is 5.11 Å². The number of nitrogens with one attached hydrogen (secondary N) is 2. The van der Waals surface area contributed by atoms with Crippen LogP contribution in [0.3, 0.4) is 0 Å². The average Bonchev–Trinajstić information content (AvgIpc) is 3.32. The zero-order valence-corrected chi connectivity index (χ0v) is 21.6. The summed E-state index contributed by atoms with van der Waals surface area (Å²) in [5.74, 6) is -0.553. The highest BCUT2D eigenvalue weighted by Gasteiger charge is 2.23. The molecule has 2 heterocycles. The van der Waals surface area contributed by atoms with Gasteiger partial charge >= 0.3 is 0 Å². The van der Waals surface area contributed by atoms with Crippen molar-refractivity contribution in [2.45, 2.75) is 13.8 Å². The van der Waals surface area contributed by atoms with Crippen LogP contribution in [0, 0.1) is 24.0 Å². The SMILES string of the molecule is Cc1ccc(-n2nc3cc(C)c(NC(=S)NC(=O)c4ccc(N5CCOCC5)c([N+](=O)[O-])c4)cc3n2)cc1. The van der Waals surface area contributed by atoms with Gasteiger partial charge in [0, 0.05) is 30.4 Å². The predicted octanol–water partition coefficient (Wildman–Crippen LogP) is 3.91. The standard InChI is InChI=1S/C26H25N7O4S/c1-16-3-6-19(7-4-16)32-29-21-13-17(2)20(15-22(21)30-32)27-26(38)28-25(34)18-5-8-23(24(14-18)33(35)36)31-9-11-37-12-10-31/h3-8,13-15H,9-12H2,1-2H3,(H2,27,28,34,38). The van der Waals surface area contributed by atoms with E-state index in [9.17, 15) is 14.9 Å². The lowest BCUT2D eigenvalue weighted by Gasteiger charge is -2.28. The molecule has 4 aromatic rings. The number of amides is 1. The van der Waals surface area contributed by atoms with Crippen molar-refractivity contribution < 1.29 is 14.5 Å². The van der Waals surface area contributed by atoms with E-state index in [0.717, 1.165) is 22.3 Å². The first-order valence-electron chi connectivity index (χ1n) is 12.0. The third kappa shape index (κ3) is 5.31. The maximum atomic E-state index is 12.9. The molecule has 11 nitrogen and oxygen atoms in total. The van der Waals surface area contributed by atoms with Crippen LogP contribution in [0.2, 0.25) is 0 Å². The summed E-state index contributed by atoms with van der Waals surface area (Å²) in [5.41, 5.74) is 5.32. The quantitative estimate of drug-likeness (QED) is 0.224. The molecule has 0 aliphatic carbocycles. The molecule has 1 fully saturated rings. The van der Waals surface area contributed by atoms with Crippen molar-refractivity contribution in [1.29, 1.82) is 0 Å². The molecule has 0 spiro atoms. The minimum absolute atomic E-state index is 0.0586. The molecule has 38 heavy (non-hydrogen) atoms. The summed E-state index contributed by atoms with van der Waals surface area (Å²) in [5, 5.41) is 26.5. The number of hydrogen-bond donors (Lipinski definition) is 2. The number of anilines is 2. The third-order valence-electron chi connectivity index (χ3n) is 6.25. The minimum atomic E-state index is -0.553. The van der Waals surface area contributed by atoms with Gasteiger partial charge in [-0.2, -0.15) is 4.80 Å². The molecule has 1 aliphatic rings. The van der Waals surface area contributed by atoms with Crippen molar-refractivity contribution >= 4 is 51.3 Å². The highest BCUT2D eigenvalue weighted by molar-refractivity contribution is 7.80. The molecule has 3 aromatic carbocycles. The van der Waals surface area contributed by atoms with Crippen molar-refractivity contribution in [1.82, 2.24) is 20.3 Å². The maximum Gasteiger partial charge on any atom is 0.293 e. The molecule has 0 bridgehead atoms. The Morgan fingerprint density at radius 3 is 2.39 bits per heavy atom. The number of benzene rings is 3. The molecule has 12 heteroatoms. The Bertz CT molecular complexity index is 1550. The lowest BCUT2D eigenvalue weighted by molar-refractivity contribution is -0.384. The van der Waals surface area contributed by atoms with Gasteiger partial charge in [-0.3, -0.25) is 20.2 Å². The Kier molecular flexibility index (Phi) is 6.99. The summed E-state index contributed by atoms with van der Waals surface area (Å²) in [6.45, 7) is 5.98. The molecule has 194 valence electrons. The molecule has 1 aliphatic heterocycles. The summed E-state index contributed by atoms with van der Waals surface area (Å²) >= 11 is 5.36. The van der Waals surface area contributed by atoms with E-state index >= 15 is 0 Å². The van der Waals surface area contributed by atoms with Gasteiger partial charge in [0.2, 0.25) is 0 Å². The number of carbonyl (C=O) groups excluding carboxylic acids is 1. The van der Waals surface area contributed by atoms with E-state index in [1.54, 1.807) is 16.9 Å². The van der Waals surface area contributed by atoms with E-state index in [4.69, 9.17) is 17.0 Å². The van der Waals surface area contributed by atoms with Crippen LogP contribution in [0.15, 0.2) is 54.6 Å². The van der Waals surface area contributed by atoms with Gasteiger partial charge in [0.25, 0.3) is 11.6 Å². The van der Waals surface area contributed by atoms with Gasteiger partial charge in [-0.25, -0.2) is 0 Å². The molecule has 2 N–H and O–H groups in total. The average molecular weight is 532 g/mol. The Morgan fingerprint density at radius 2 is 1.71 bits per heavy atom. The summed E-state index contributed by atoms with van der Waals surface area (Å²) in [4.78, 5) is 27.6. The molecule has 1 amide bonds. The van der Waals surface area contributed by atoms with Crippen LogP contribution in [-0.4, -0.2) is 57.2 Å². The van der Waals surface area contributed by atoms with E-state index in [1.807, 2.05) is 55.1 Å². The summed E-state index contributed by atoms with van der Waals surface area (Å²) in [7, 11) is 0. The second-order valence-corrected chi connectivity index (χ2v) is 9.36. The smallest absolute Gasteiger partial charge is 0.293 e. The van der Waals surface area contributed by atoms with E-state index in [-0.39, 0.29) is 16.4 Å². The fourth-order valence-corrected chi connectivity index (χ4v) is 4.41. The number of ether oxygens (including phenoxy) is 1. The van der Waals surface area contributed by atoms with Crippen molar-refractivity contribution in [3.63, 3.8) is 0 Å². The second kappa shape index (κ2) is 10.5. The zero-order valence-electron chi connectivity index (χ0n) is 20.8. The summed E-state index contributed by atoms with van der Waals surface area (Å²) in [6, 6.07) is 16.0. The van der Waals surface area contributed by atoms with E-state index in [2.05, 4.69) is 20.8 Å². The number of nitrogens with zero attached hydrogens (tertiary/aromatic N) is 5. The molecule has 1 saturated heterocycles. The van der Waals surface area contributed by atoms with E-state index < -0.39 is 10.8 Å². The van der Waals surface area contributed by atoms with Crippen molar-refractivity contribution in [2.75, 3.05) is 36.5 Å². The number of aromatic nitrogens is 3. The molecular formula is C26H25N7O4S. The van der Waals surface area contributed by atoms with Gasteiger partial charge in [-0.05, 0) is 68.0 Å². The van der Waals surface area contributed by atoms with Crippen molar-refractivity contribution in [2.24, 2.45) is 0 Å². The highest BCUT2D eigenvalue weighted by Crippen LogP contribution is 2.30. The molecular weight excluding hydrogens is 506 g/mol. The Hall–Kier alpha value is -4.42. The fourth-order valence-electron chi connectivity index (χ4n) is 4.21. The first-order chi connectivity index (χ1) is 18.3. The number of morpholine rings is 1. The third-order valence-corrected chi connectivity index (χ3v) is 6.46. The molecule has 0 saturated carbocycles. The van der Waals surface area contributed by atoms with Gasteiger partial charge in [-0.1, -0.05) is 17.7 Å².